The van der Waals surface area contributed by atoms with Crippen LogP contribution >= 0.6 is 0 Å². The van der Waals surface area contributed by atoms with Crippen LogP contribution in [0.3, 0.4) is 0 Å². The SMILES string of the molecule is CC(O)CNC1CCCC1C#N. The lowest BCUT2D eigenvalue weighted by molar-refractivity contribution is 0.184. The second-order valence-corrected chi connectivity index (χ2v) is 3.53. The van der Waals surface area contributed by atoms with Crippen molar-refractivity contribution in [3.05, 3.63) is 0 Å². The Balaban J connectivity index is 2.27. The Labute approximate surface area is 73.4 Å². The van der Waals surface area contributed by atoms with Gasteiger partial charge in [-0.15, -0.1) is 0 Å². The van der Waals surface area contributed by atoms with E-state index in [9.17, 15) is 0 Å². The molecule has 0 aromatic carbocycles. The van der Waals surface area contributed by atoms with Crippen LogP contribution in [0.4, 0.5) is 0 Å². The standard InChI is InChI=1S/C9H16N2O/c1-7(12)6-11-9-4-2-3-8(9)5-10/h7-9,11-12H,2-4,6H2,1H3. The van der Waals surface area contributed by atoms with Crippen LogP contribution in [0.15, 0.2) is 0 Å². The normalized spacial score (nSPS) is 31.4. The maximum absolute atomic E-state index is 9.03. The van der Waals surface area contributed by atoms with Crippen LogP contribution in [0.25, 0.3) is 0 Å². The van der Waals surface area contributed by atoms with Gasteiger partial charge in [-0.1, -0.05) is 6.42 Å². The van der Waals surface area contributed by atoms with Gasteiger partial charge in [-0.3, -0.25) is 0 Å². The van der Waals surface area contributed by atoms with E-state index < -0.39 is 0 Å². The van der Waals surface area contributed by atoms with Gasteiger partial charge in [0.2, 0.25) is 0 Å². The van der Waals surface area contributed by atoms with E-state index in [1.54, 1.807) is 6.92 Å². The van der Waals surface area contributed by atoms with E-state index in [4.69, 9.17) is 10.4 Å². The number of nitrogens with zero attached hydrogens (tertiary/aromatic N) is 1. The first kappa shape index (κ1) is 9.50. The number of aliphatic hydroxyl groups excluding tert-OH is 1. The van der Waals surface area contributed by atoms with E-state index in [2.05, 4.69) is 11.4 Å². The molecule has 0 aromatic rings. The Kier molecular flexibility index (Phi) is 3.51. The third kappa shape index (κ3) is 2.47. The number of nitrogens with one attached hydrogen (secondary N) is 1. The van der Waals surface area contributed by atoms with Gasteiger partial charge >= 0.3 is 0 Å². The lowest BCUT2D eigenvalue weighted by Gasteiger charge is -2.16. The van der Waals surface area contributed by atoms with Crippen molar-refractivity contribution in [2.75, 3.05) is 6.54 Å². The molecule has 0 aliphatic heterocycles. The fourth-order valence-corrected chi connectivity index (χ4v) is 1.68. The van der Waals surface area contributed by atoms with Gasteiger partial charge in [0.15, 0.2) is 0 Å². The summed E-state index contributed by atoms with van der Waals surface area (Å²) in [6.45, 7) is 2.35. The summed E-state index contributed by atoms with van der Waals surface area (Å²) in [6, 6.07) is 2.60. The molecule has 0 radical (unpaired) electrons. The number of rotatable bonds is 3. The third-order valence-corrected chi connectivity index (χ3v) is 2.36. The topological polar surface area (TPSA) is 56.0 Å². The molecule has 1 rings (SSSR count). The van der Waals surface area contributed by atoms with E-state index in [0.717, 1.165) is 19.3 Å². The highest BCUT2D eigenvalue weighted by atomic mass is 16.3. The fraction of sp³-hybridized carbons (Fsp3) is 0.889. The summed E-state index contributed by atoms with van der Waals surface area (Å²) in [5.41, 5.74) is 0. The van der Waals surface area contributed by atoms with E-state index in [-0.39, 0.29) is 12.0 Å². The van der Waals surface area contributed by atoms with Crippen molar-refractivity contribution in [2.45, 2.75) is 38.3 Å². The first-order valence-electron chi connectivity index (χ1n) is 4.55. The Hall–Kier alpha value is -0.590. The highest BCUT2D eigenvalue weighted by Crippen LogP contribution is 2.24. The average molecular weight is 168 g/mol. The van der Waals surface area contributed by atoms with Crippen LogP contribution in [-0.4, -0.2) is 23.8 Å². The molecule has 0 bridgehead atoms. The summed E-state index contributed by atoms with van der Waals surface area (Å²) in [5, 5.41) is 21.0. The number of aliphatic hydroxyl groups is 1. The molecule has 1 saturated carbocycles. The van der Waals surface area contributed by atoms with Crippen LogP contribution in [0, 0.1) is 17.2 Å². The van der Waals surface area contributed by atoms with Crippen molar-refractivity contribution < 1.29 is 5.11 Å². The lowest BCUT2D eigenvalue weighted by Crippen LogP contribution is -2.36. The molecule has 68 valence electrons. The Morgan fingerprint density at radius 2 is 2.42 bits per heavy atom. The Morgan fingerprint density at radius 3 is 3.00 bits per heavy atom. The fourth-order valence-electron chi connectivity index (χ4n) is 1.68. The largest absolute Gasteiger partial charge is 0.392 e. The molecule has 0 spiro atoms. The van der Waals surface area contributed by atoms with Crippen molar-refractivity contribution in [1.29, 1.82) is 5.26 Å². The van der Waals surface area contributed by atoms with E-state index in [1.165, 1.54) is 0 Å². The second-order valence-electron chi connectivity index (χ2n) is 3.53. The zero-order valence-corrected chi connectivity index (χ0v) is 7.45. The summed E-state index contributed by atoms with van der Waals surface area (Å²) in [4.78, 5) is 0. The maximum Gasteiger partial charge on any atom is 0.0672 e. The molecule has 2 N–H and O–H groups in total. The number of hydrogen-bond acceptors (Lipinski definition) is 3. The Morgan fingerprint density at radius 1 is 1.67 bits per heavy atom. The zero-order chi connectivity index (χ0) is 8.97. The molecule has 0 aromatic heterocycles. The van der Waals surface area contributed by atoms with Gasteiger partial charge in [0, 0.05) is 12.6 Å². The summed E-state index contributed by atoms with van der Waals surface area (Å²) in [5.74, 6) is 0.156. The van der Waals surface area contributed by atoms with Crippen molar-refractivity contribution in [2.24, 2.45) is 5.92 Å². The quantitative estimate of drug-likeness (QED) is 0.650. The number of hydrogen-bond donors (Lipinski definition) is 2. The van der Waals surface area contributed by atoms with Crippen LogP contribution in [0.5, 0.6) is 0 Å². The number of nitriles is 1. The molecule has 3 nitrogen and oxygen atoms in total. The molecule has 3 heteroatoms. The Bertz CT molecular complexity index is 174. The highest BCUT2D eigenvalue weighted by Gasteiger charge is 2.26. The van der Waals surface area contributed by atoms with Gasteiger partial charge in [0.05, 0.1) is 18.1 Å². The molecule has 0 amide bonds. The van der Waals surface area contributed by atoms with Gasteiger partial charge in [-0.05, 0) is 19.8 Å². The zero-order valence-electron chi connectivity index (χ0n) is 7.45. The van der Waals surface area contributed by atoms with Crippen LogP contribution < -0.4 is 5.32 Å². The molecule has 3 unspecified atom stereocenters. The predicted octanol–water partition coefficient (Wildman–Crippen LogP) is 0.649. The lowest BCUT2D eigenvalue weighted by atomic mass is 10.1. The molecule has 1 fully saturated rings. The van der Waals surface area contributed by atoms with Gasteiger partial charge in [0.25, 0.3) is 0 Å². The first-order chi connectivity index (χ1) is 5.74. The summed E-state index contributed by atoms with van der Waals surface area (Å²) >= 11 is 0. The van der Waals surface area contributed by atoms with Crippen molar-refractivity contribution >= 4 is 0 Å². The molecule has 1 aliphatic rings. The van der Waals surface area contributed by atoms with E-state index in [0.29, 0.717) is 12.6 Å². The summed E-state index contributed by atoms with van der Waals surface area (Å²) in [6.07, 6.45) is 2.90. The molecular weight excluding hydrogens is 152 g/mol. The van der Waals surface area contributed by atoms with Crippen LogP contribution in [0.1, 0.15) is 26.2 Å². The predicted molar refractivity (Wildman–Crippen MR) is 46.4 cm³/mol. The van der Waals surface area contributed by atoms with E-state index in [1.807, 2.05) is 0 Å². The minimum Gasteiger partial charge on any atom is -0.392 e. The van der Waals surface area contributed by atoms with Gasteiger partial charge in [-0.2, -0.15) is 5.26 Å². The molecule has 0 heterocycles. The average Bonchev–Trinajstić information content (AvgIpc) is 2.47. The summed E-state index contributed by atoms with van der Waals surface area (Å²) in [7, 11) is 0. The summed E-state index contributed by atoms with van der Waals surface area (Å²) < 4.78 is 0. The second kappa shape index (κ2) is 4.44. The first-order valence-corrected chi connectivity index (χ1v) is 4.55. The monoisotopic (exact) mass is 168 g/mol. The molecule has 1 aliphatic carbocycles. The van der Waals surface area contributed by atoms with Gasteiger partial charge in [0.1, 0.15) is 0 Å². The molecule has 12 heavy (non-hydrogen) atoms. The minimum atomic E-state index is -0.315. The van der Waals surface area contributed by atoms with Gasteiger partial charge in [-0.25, -0.2) is 0 Å². The van der Waals surface area contributed by atoms with Crippen molar-refractivity contribution in [3.63, 3.8) is 0 Å². The molecule has 3 atom stereocenters. The van der Waals surface area contributed by atoms with Crippen molar-refractivity contribution in [1.82, 2.24) is 5.32 Å². The van der Waals surface area contributed by atoms with E-state index >= 15 is 0 Å². The minimum absolute atomic E-state index is 0.156. The molecule has 0 saturated heterocycles. The third-order valence-electron chi connectivity index (χ3n) is 2.36. The van der Waals surface area contributed by atoms with Gasteiger partial charge < -0.3 is 10.4 Å². The van der Waals surface area contributed by atoms with Crippen LogP contribution in [0.2, 0.25) is 0 Å². The molecular formula is C9H16N2O. The van der Waals surface area contributed by atoms with Crippen LogP contribution in [-0.2, 0) is 0 Å². The maximum atomic E-state index is 9.03. The van der Waals surface area contributed by atoms with Crippen molar-refractivity contribution in [3.8, 4) is 6.07 Å². The highest BCUT2D eigenvalue weighted by molar-refractivity contribution is 4.96. The smallest absolute Gasteiger partial charge is 0.0672 e.